The van der Waals surface area contributed by atoms with Crippen LogP contribution in [-0.4, -0.2) is 20.3 Å². The summed E-state index contributed by atoms with van der Waals surface area (Å²) in [6.45, 7) is 0. The molecule has 15 heavy (non-hydrogen) atoms. The molecule has 0 fully saturated rings. The summed E-state index contributed by atoms with van der Waals surface area (Å²) >= 11 is 0. The number of aromatic nitrogens is 1. The van der Waals surface area contributed by atoms with Crippen LogP contribution >= 0.6 is 0 Å². The van der Waals surface area contributed by atoms with Crippen LogP contribution in [-0.2, 0) is 10.0 Å². The smallest absolute Gasteiger partial charge is 0.240 e. The van der Waals surface area contributed by atoms with Crippen molar-refractivity contribution in [3.8, 4) is 0 Å². The number of nitrogens with two attached hydrogens (primary N) is 1. The van der Waals surface area contributed by atoms with Crippen LogP contribution in [0.1, 0.15) is 0 Å². The summed E-state index contributed by atoms with van der Waals surface area (Å²) in [6, 6.07) is 6.99. The molecule has 2 rings (SSSR count). The van der Waals surface area contributed by atoms with Gasteiger partial charge in [-0.2, -0.15) is 4.73 Å². The van der Waals surface area contributed by atoms with Crippen LogP contribution < -0.4 is 9.98 Å². The first-order valence-electron chi connectivity index (χ1n) is 4.21. The van der Waals surface area contributed by atoms with E-state index in [2.05, 4.69) is 0 Å². The van der Waals surface area contributed by atoms with Gasteiger partial charge in [-0.3, -0.25) is 0 Å². The molecule has 0 saturated carbocycles. The standard InChI is InChI=1S/C9H10N2O3S/c1-14-11-6-9(15(10,12)13)7-4-2-3-5-8(7)11/h2-6H,1H3,(H2,10,12,13). The molecule has 80 valence electrons. The lowest BCUT2D eigenvalue weighted by molar-refractivity contribution is 0.178. The van der Waals surface area contributed by atoms with E-state index in [1.807, 2.05) is 0 Å². The van der Waals surface area contributed by atoms with Gasteiger partial charge in [0.15, 0.2) is 0 Å². The maximum absolute atomic E-state index is 11.3. The highest BCUT2D eigenvalue weighted by atomic mass is 32.2. The van der Waals surface area contributed by atoms with Crippen molar-refractivity contribution in [2.24, 2.45) is 5.14 Å². The number of hydrogen-bond donors (Lipinski definition) is 1. The lowest BCUT2D eigenvalue weighted by Gasteiger charge is -1.99. The Balaban J connectivity index is 2.88. The van der Waals surface area contributed by atoms with Crippen molar-refractivity contribution >= 4 is 20.9 Å². The van der Waals surface area contributed by atoms with Gasteiger partial charge in [0.1, 0.15) is 12.0 Å². The fourth-order valence-electron chi connectivity index (χ4n) is 1.50. The van der Waals surface area contributed by atoms with Crippen molar-refractivity contribution < 1.29 is 13.3 Å². The monoisotopic (exact) mass is 226 g/mol. The number of fused-ring (bicyclic) bond motifs is 1. The Hall–Kier alpha value is -1.53. The predicted octanol–water partition coefficient (Wildman–Crippen LogP) is 0.347. The lowest BCUT2D eigenvalue weighted by atomic mass is 10.2. The van der Waals surface area contributed by atoms with Crippen LogP contribution in [0, 0.1) is 0 Å². The summed E-state index contributed by atoms with van der Waals surface area (Å²) in [5.41, 5.74) is 0.670. The van der Waals surface area contributed by atoms with Gasteiger partial charge >= 0.3 is 0 Å². The van der Waals surface area contributed by atoms with E-state index in [1.165, 1.54) is 18.0 Å². The van der Waals surface area contributed by atoms with Gasteiger partial charge in [0, 0.05) is 5.39 Å². The van der Waals surface area contributed by atoms with Crippen LogP contribution in [0.2, 0.25) is 0 Å². The Morgan fingerprint density at radius 2 is 2.00 bits per heavy atom. The Morgan fingerprint density at radius 1 is 1.33 bits per heavy atom. The third-order valence-corrected chi connectivity index (χ3v) is 3.08. The second-order valence-corrected chi connectivity index (χ2v) is 4.59. The number of benzene rings is 1. The fraction of sp³-hybridized carbons (Fsp3) is 0.111. The van der Waals surface area contributed by atoms with Crippen molar-refractivity contribution in [2.45, 2.75) is 4.90 Å². The predicted molar refractivity (Wildman–Crippen MR) is 55.8 cm³/mol. The molecule has 5 nitrogen and oxygen atoms in total. The van der Waals surface area contributed by atoms with Crippen molar-refractivity contribution in [3.05, 3.63) is 30.5 Å². The van der Waals surface area contributed by atoms with Crippen molar-refractivity contribution in [1.82, 2.24) is 4.73 Å². The largest absolute Gasteiger partial charge is 0.417 e. The van der Waals surface area contributed by atoms with Crippen LogP contribution in [0.5, 0.6) is 0 Å². The topological polar surface area (TPSA) is 74.3 Å². The lowest BCUT2D eigenvalue weighted by Crippen LogP contribution is -2.12. The van der Waals surface area contributed by atoms with Gasteiger partial charge in [0.05, 0.1) is 11.7 Å². The number of primary sulfonamides is 1. The molecule has 0 amide bonds. The van der Waals surface area contributed by atoms with E-state index in [4.69, 9.17) is 9.98 Å². The highest BCUT2D eigenvalue weighted by Crippen LogP contribution is 2.23. The van der Waals surface area contributed by atoms with Crippen molar-refractivity contribution in [2.75, 3.05) is 7.11 Å². The average Bonchev–Trinajstić information content (AvgIpc) is 2.55. The van der Waals surface area contributed by atoms with Crippen LogP contribution in [0.25, 0.3) is 10.9 Å². The van der Waals surface area contributed by atoms with Crippen molar-refractivity contribution in [3.63, 3.8) is 0 Å². The molecule has 0 bridgehead atoms. The average molecular weight is 226 g/mol. The van der Waals surface area contributed by atoms with Gasteiger partial charge in [0.2, 0.25) is 10.0 Å². The van der Waals surface area contributed by atoms with E-state index in [0.717, 1.165) is 0 Å². The highest BCUT2D eigenvalue weighted by Gasteiger charge is 2.16. The van der Waals surface area contributed by atoms with Gasteiger partial charge < -0.3 is 4.84 Å². The minimum absolute atomic E-state index is 0.0694. The van der Waals surface area contributed by atoms with E-state index >= 15 is 0 Å². The molecule has 1 aromatic carbocycles. The number of nitrogens with zero attached hydrogens (tertiary/aromatic N) is 1. The van der Waals surface area contributed by atoms with Gasteiger partial charge in [-0.25, -0.2) is 13.6 Å². The molecule has 1 aromatic heterocycles. The maximum atomic E-state index is 11.3. The van der Waals surface area contributed by atoms with Gasteiger partial charge in [-0.15, -0.1) is 0 Å². The second-order valence-electron chi connectivity index (χ2n) is 3.06. The Kier molecular flexibility index (Phi) is 2.17. The molecule has 2 N–H and O–H groups in total. The Labute approximate surface area is 87.1 Å². The number of rotatable bonds is 2. The summed E-state index contributed by atoms with van der Waals surface area (Å²) in [7, 11) is -2.26. The molecule has 0 aliphatic rings. The summed E-state index contributed by atoms with van der Waals surface area (Å²) in [5, 5.41) is 5.65. The van der Waals surface area contributed by atoms with E-state index < -0.39 is 10.0 Å². The second kappa shape index (κ2) is 3.25. The van der Waals surface area contributed by atoms with Gasteiger partial charge in [-0.05, 0) is 6.07 Å². The molecular weight excluding hydrogens is 216 g/mol. The van der Waals surface area contributed by atoms with E-state index in [1.54, 1.807) is 24.3 Å². The molecule has 0 spiro atoms. The minimum atomic E-state index is -3.72. The van der Waals surface area contributed by atoms with Gasteiger partial charge in [-0.1, -0.05) is 18.2 Å². The van der Waals surface area contributed by atoms with E-state index in [0.29, 0.717) is 10.9 Å². The molecule has 0 radical (unpaired) electrons. The highest BCUT2D eigenvalue weighted by molar-refractivity contribution is 7.89. The minimum Gasteiger partial charge on any atom is -0.417 e. The first-order valence-corrected chi connectivity index (χ1v) is 5.76. The van der Waals surface area contributed by atoms with Crippen LogP contribution in [0.15, 0.2) is 35.4 Å². The van der Waals surface area contributed by atoms with Crippen molar-refractivity contribution in [1.29, 1.82) is 0 Å². The third-order valence-electron chi connectivity index (χ3n) is 2.14. The third kappa shape index (κ3) is 1.57. The summed E-state index contributed by atoms with van der Waals surface area (Å²) < 4.78 is 23.9. The fourth-order valence-corrected chi connectivity index (χ4v) is 2.22. The first kappa shape index (κ1) is 10.0. The van der Waals surface area contributed by atoms with Crippen LogP contribution in [0.3, 0.4) is 0 Å². The number of hydrogen-bond acceptors (Lipinski definition) is 3. The number of para-hydroxylation sites is 1. The summed E-state index contributed by atoms with van der Waals surface area (Å²) in [4.78, 5) is 5.07. The zero-order valence-corrected chi connectivity index (χ0v) is 8.86. The van der Waals surface area contributed by atoms with Gasteiger partial charge in [0.25, 0.3) is 0 Å². The molecular formula is C9H10N2O3S. The quantitative estimate of drug-likeness (QED) is 0.802. The summed E-state index contributed by atoms with van der Waals surface area (Å²) in [5.74, 6) is 0. The van der Waals surface area contributed by atoms with Crippen LogP contribution in [0.4, 0.5) is 0 Å². The molecule has 0 unspecified atom stereocenters. The Bertz CT molecular complexity index is 601. The van der Waals surface area contributed by atoms with E-state index in [9.17, 15) is 8.42 Å². The number of sulfonamides is 1. The molecule has 2 aromatic rings. The molecule has 6 heteroatoms. The molecule has 0 aliphatic heterocycles. The Morgan fingerprint density at radius 3 is 2.60 bits per heavy atom. The maximum Gasteiger partial charge on any atom is 0.240 e. The molecule has 1 heterocycles. The molecule has 0 saturated heterocycles. The molecule has 0 aliphatic carbocycles. The SMILES string of the molecule is COn1cc(S(N)(=O)=O)c2ccccc21. The zero-order chi connectivity index (χ0) is 11.1. The van der Waals surface area contributed by atoms with E-state index in [-0.39, 0.29) is 4.90 Å². The first-order chi connectivity index (χ1) is 7.04. The zero-order valence-electron chi connectivity index (χ0n) is 8.04. The normalized spacial score (nSPS) is 11.9. The summed E-state index contributed by atoms with van der Waals surface area (Å²) in [6.07, 6.45) is 1.36. The molecule has 0 atom stereocenters.